The van der Waals surface area contributed by atoms with E-state index in [2.05, 4.69) is 0 Å². The average molecular weight is 228 g/mol. The van der Waals surface area contributed by atoms with E-state index < -0.39 is 15.9 Å². The molecule has 4 nitrogen and oxygen atoms in total. The molecule has 1 aliphatic rings. The number of β-amino-alcohol motifs (C(OH)–C–C–N with tert-alkyl or cyclic N) is 1. The molecule has 1 N–H and O–H groups in total. The fourth-order valence-electron chi connectivity index (χ4n) is 1.28. The minimum Gasteiger partial charge on any atom is -0.391 e. The summed E-state index contributed by atoms with van der Waals surface area (Å²) in [5.74, 6) is 0.591. The number of hydrogen-bond donors (Lipinski definition) is 1. The van der Waals surface area contributed by atoms with Crippen molar-refractivity contribution in [2.45, 2.75) is 6.10 Å². The third-order valence-corrected chi connectivity index (χ3v) is 4.05. The largest absolute Gasteiger partial charge is 0.391 e. The molecule has 1 heterocycles. The van der Waals surface area contributed by atoms with Crippen molar-refractivity contribution in [1.29, 1.82) is 0 Å². The van der Waals surface area contributed by atoms with E-state index in [-0.39, 0.29) is 17.4 Å². The second-order valence-corrected chi connectivity index (χ2v) is 5.87. The van der Waals surface area contributed by atoms with Crippen LogP contribution in [0.15, 0.2) is 0 Å². The third-order valence-electron chi connectivity index (χ3n) is 2.08. The Labute approximate surface area is 83.4 Å². The number of rotatable bonds is 3. The van der Waals surface area contributed by atoms with Crippen LogP contribution in [0.1, 0.15) is 0 Å². The second-order valence-electron chi connectivity index (χ2n) is 3.26. The smallest absolute Gasteiger partial charge is 0.152 e. The lowest BCUT2D eigenvalue weighted by molar-refractivity contribution is 0.134. The van der Waals surface area contributed by atoms with Gasteiger partial charge in [0.2, 0.25) is 0 Å². The van der Waals surface area contributed by atoms with Gasteiger partial charge < -0.3 is 5.11 Å². The maximum Gasteiger partial charge on any atom is 0.152 e. The topological polar surface area (TPSA) is 57.6 Å². The summed E-state index contributed by atoms with van der Waals surface area (Å²) in [5, 5.41) is 9.22. The Bertz CT molecular complexity index is 240. The molecule has 0 aromatic rings. The number of alkyl halides is 1. The van der Waals surface area contributed by atoms with Gasteiger partial charge in [-0.15, -0.1) is 11.6 Å². The highest BCUT2D eigenvalue weighted by Gasteiger charge is 2.22. The Hall–Kier alpha value is 0.160. The summed E-state index contributed by atoms with van der Waals surface area (Å²) in [4.78, 5) is 1.92. The normalized spacial score (nSPS) is 25.7. The van der Waals surface area contributed by atoms with Gasteiger partial charge in [0.15, 0.2) is 9.84 Å². The summed E-state index contributed by atoms with van der Waals surface area (Å²) in [7, 11) is -2.81. The van der Waals surface area contributed by atoms with Gasteiger partial charge in [-0.25, -0.2) is 8.42 Å². The van der Waals surface area contributed by atoms with Crippen molar-refractivity contribution in [3.05, 3.63) is 0 Å². The highest BCUT2D eigenvalue weighted by atomic mass is 35.5. The Kier molecular flexibility index (Phi) is 3.97. The zero-order valence-corrected chi connectivity index (χ0v) is 8.89. The van der Waals surface area contributed by atoms with E-state index in [1.165, 1.54) is 0 Å². The summed E-state index contributed by atoms with van der Waals surface area (Å²) in [6, 6.07) is 0. The van der Waals surface area contributed by atoms with Gasteiger partial charge >= 0.3 is 0 Å². The van der Waals surface area contributed by atoms with E-state index in [0.717, 1.165) is 0 Å². The van der Waals surface area contributed by atoms with E-state index in [0.29, 0.717) is 19.6 Å². The molecule has 0 bridgehead atoms. The van der Waals surface area contributed by atoms with Crippen molar-refractivity contribution in [3.8, 4) is 0 Å². The van der Waals surface area contributed by atoms with Crippen molar-refractivity contribution in [2.24, 2.45) is 0 Å². The van der Waals surface area contributed by atoms with E-state index in [1.807, 2.05) is 4.90 Å². The lowest BCUT2D eigenvalue weighted by atomic mass is 10.3. The predicted molar refractivity (Wildman–Crippen MR) is 51.8 cm³/mol. The fraction of sp³-hybridized carbons (Fsp3) is 1.00. The molecule has 0 aromatic carbocycles. The van der Waals surface area contributed by atoms with Crippen LogP contribution in [0, 0.1) is 0 Å². The van der Waals surface area contributed by atoms with Crippen molar-refractivity contribution >= 4 is 21.4 Å². The molecular formula is C7H14ClNO3S. The molecule has 0 aromatic heterocycles. The standard InChI is InChI=1S/C7H14ClNO3S/c8-5-7(10)6-9-1-3-13(11,12)4-2-9/h7,10H,1-6H2. The molecule has 1 atom stereocenters. The first kappa shape index (κ1) is 11.2. The van der Waals surface area contributed by atoms with Crippen LogP contribution in [0.5, 0.6) is 0 Å². The SMILES string of the molecule is O=S1(=O)CCN(CC(O)CCl)CC1. The number of halogens is 1. The average Bonchev–Trinajstić information content (AvgIpc) is 2.08. The van der Waals surface area contributed by atoms with Gasteiger partial charge in [0.05, 0.1) is 17.6 Å². The van der Waals surface area contributed by atoms with Gasteiger partial charge in [-0.2, -0.15) is 0 Å². The van der Waals surface area contributed by atoms with Crippen molar-refractivity contribution < 1.29 is 13.5 Å². The molecule has 1 rings (SSSR count). The van der Waals surface area contributed by atoms with Crippen LogP contribution in [-0.2, 0) is 9.84 Å². The summed E-state index contributed by atoms with van der Waals surface area (Å²) >= 11 is 5.43. The molecule has 0 saturated carbocycles. The van der Waals surface area contributed by atoms with Gasteiger partial charge in [0, 0.05) is 25.5 Å². The monoisotopic (exact) mass is 227 g/mol. The highest BCUT2D eigenvalue weighted by Crippen LogP contribution is 2.04. The predicted octanol–water partition coefficient (Wildman–Crippen LogP) is -0.683. The lowest BCUT2D eigenvalue weighted by Crippen LogP contribution is -2.44. The van der Waals surface area contributed by atoms with Gasteiger partial charge in [-0.05, 0) is 0 Å². The van der Waals surface area contributed by atoms with Crippen LogP contribution in [0.4, 0.5) is 0 Å². The van der Waals surface area contributed by atoms with Crippen LogP contribution >= 0.6 is 11.6 Å². The molecule has 1 unspecified atom stereocenters. The van der Waals surface area contributed by atoms with Crippen LogP contribution in [0.3, 0.4) is 0 Å². The molecule has 78 valence electrons. The van der Waals surface area contributed by atoms with Gasteiger partial charge in [0.25, 0.3) is 0 Å². The first-order chi connectivity index (χ1) is 6.03. The lowest BCUT2D eigenvalue weighted by Gasteiger charge is -2.27. The highest BCUT2D eigenvalue weighted by molar-refractivity contribution is 7.91. The maximum absolute atomic E-state index is 11.0. The Morgan fingerprint density at radius 2 is 1.92 bits per heavy atom. The molecule has 0 amide bonds. The molecule has 1 fully saturated rings. The summed E-state index contributed by atoms with van der Waals surface area (Å²) in [6.07, 6.45) is -0.553. The second kappa shape index (κ2) is 4.59. The first-order valence-corrected chi connectivity index (χ1v) is 6.56. The van der Waals surface area contributed by atoms with Crippen LogP contribution in [0.2, 0.25) is 0 Å². The van der Waals surface area contributed by atoms with E-state index in [1.54, 1.807) is 0 Å². The zero-order chi connectivity index (χ0) is 9.90. The number of hydrogen-bond acceptors (Lipinski definition) is 4. The third kappa shape index (κ3) is 3.81. The molecule has 0 radical (unpaired) electrons. The van der Waals surface area contributed by atoms with Gasteiger partial charge in [-0.3, -0.25) is 4.90 Å². The minimum absolute atomic E-state index is 0.196. The van der Waals surface area contributed by atoms with E-state index in [4.69, 9.17) is 11.6 Å². The number of aliphatic hydroxyl groups excluding tert-OH is 1. The molecule has 1 aliphatic heterocycles. The molecule has 13 heavy (non-hydrogen) atoms. The van der Waals surface area contributed by atoms with E-state index >= 15 is 0 Å². The number of sulfone groups is 1. The van der Waals surface area contributed by atoms with Gasteiger partial charge in [0.1, 0.15) is 0 Å². The summed E-state index contributed by atoms with van der Waals surface area (Å²) < 4.78 is 22.1. The van der Waals surface area contributed by atoms with Crippen LogP contribution in [-0.4, -0.2) is 61.5 Å². The molecular weight excluding hydrogens is 214 g/mol. The van der Waals surface area contributed by atoms with Crippen LogP contribution < -0.4 is 0 Å². The van der Waals surface area contributed by atoms with Crippen LogP contribution in [0.25, 0.3) is 0 Å². The number of aliphatic hydroxyl groups is 1. The quantitative estimate of drug-likeness (QED) is 0.649. The molecule has 0 aliphatic carbocycles. The number of nitrogens with zero attached hydrogens (tertiary/aromatic N) is 1. The zero-order valence-electron chi connectivity index (χ0n) is 7.32. The van der Waals surface area contributed by atoms with Gasteiger partial charge in [-0.1, -0.05) is 0 Å². The Morgan fingerprint density at radius 3 is 2.38 bits per heavy atom. The van der Waals surface area contributed by atoms with Crippen molar-refractivity contribution in [2.75, 3.05) is 37.0 Å². The molecule has 1 saturated heterocycles. The Balaban J connectivity index is 2.33. The summed E-state index contributed by atoms with van der Waals surface area (Å²) in [5.41, 5.74) is 0. The fourth-order valence-corrected chi connectivity index (χ4v) is 2.65. The molecule has 0 spiro atoms. The molecule has 6 heteroatoms. The maximum atomic E-state index is 11.0. The van der Waals surface area contributed by atoms with E-state index in [9.17, 15) is 13.5 Å². The minimum atomic E-state index is -2.81. The Morgan fingerprint density at radius 1 is 1.38 bits per heavy atom. The first-order valence-electron chi connectivity index (χ1n) is 4.20. The summed E-state index contributed by atoms with van der Waals surface area (Å²) in [6.45, 7) is 1.49. The van der Waals surface area contributed by atoms with Crippen molar-refractivity contribution in [3.63, 3.8) is 0 Å². The van der Waals surface area contributed by atoms with Crippen molar-refractivity contribution in [1.82, 2.24) is 4.90 Å².